The highest BCUT2D eigenvalue weighted by Crippen LogP contribution is 2.31. The summed E-state index contributed by atoms with van der Waals surface area (Å²) in [5.41, 5.74) is 3.87. The van der Waals surface area contributed by atoms with Crippen molar-refractivity contribution >= 4 is 29.6 Å². The molecule has 0 N–H and O–H groups in total. The molecule has 6 nitrogen and oxygen atoms in total. The summed E-state index contributed by atoms with van der Waals surface area (Å²) in [5, 5.41) is 0. The van der Waals surface area contributed by atoms with Crippen LogP contribution in [0.3, 0.4) is 0 Å². The number of benzene rings is 1. The van der Waals surface area contributed by atoms with E-state index in [0.717, 1.165) is 30.2 Å². The zero-order chi connectivity index (χ0) is 22.1. The van der Waals surface area contributed by atoms with Crippen LogP contribution in [0.1, 0.15) is 23.7 Å². The molecule has 2 aromatic heterocycles. The number of carbonyl (C=O) groups is 1. The van der Waals surface area contributed by atoms with Gasteiger partial charge in [-0.1, -0.05) is 24.3 Å². The summed E-state index contributed by atoms with van der Waals surface area (Å²) in [4.78, 5) is 25.3. The molecule has 0 bridgehead atoms. The number of amides is 1. The van der Waals surface area contributed by atoms with E-state index in [2.05, 4.69) is 14.9 Å². The minimum atomic E-state index is -0.435. The van der Waals surface area contributed by atoms with Gasteiger partial charge in [0.2, 0.25) is 5.91 Å². The molecule has 1 amide bonds. The van der Waals surface area contributed by atoms with Crippen LogP contribution in [0.5, 0.6) is 0 Å². The highest BCUT2D eigenvalue weighted by Gasteiger charge is 2.21. The number of ether oxygens (including phenoxy) is 1. The highest BCUT2D eigenvalue weighted by atomic mass is 19.1. The number of hydrogen-bond acceptors (Lipinski definition) is 5. The first-order valence-electron chi connectivity index (χ1n) is 10.6. The summed E-state index contributed by atoms with van der Waals surface area (Å²) < 4.78 is 20.5. The first-order valence-corrected chi connectivity index (χ1v) is 10.6. The minimum Gasteiger partial charge on any atom is -0.378 e. The van der Waals surface area contributed by atoms with Crippen molar-refractivity contribution in [2.24, 2.45) is 0 Å². The lowest BCUT2D eigenvalue weighted by Crippen LogP contribution is -2.36. The summed E-state index contributed by atoms with van der Waals surface area (Å²) in [6.07, 6.45) is 5.45. The van der Waals surface area contributed by atoms with Crippen molar-refractivity contribution in [1.29, 1.82) is 0 Å². The Labute approximate surface area is 186 Å². The summed E-state index contributed by atoms with van der Waals surface area (Å²) >= 11 is 0. The van der Waals surface area contributed by atoms with E-state index in [1.54, 1.807) is 11.1 Å². The zero-order valence-corrected chi connectivity index (χ0v) is 17.8. The van der Waals surface area contributed by atoms with Crippen LogP contribution in [0.4, 0.5) is 15.9 Å². The smallest absolute Gasteiger partial charge is 0.224 e. The number of morpholine rings is 1. The Balaban J connectivity index is 1.52. The van der Waals surface area contributed by atoms with E-state index in [4.69, 9.17) is 4.74 Å². The van der Waals surface area contributed by atoms with Crippen molar-refractivity contribution in [3.8, 4) is 11.3 Å². The number of fused-ring (bicyclic) bond motifs is 2. The van der Waals surface area contributed by atoms with Gasteiger partial charge >= 0.3 is 0 Å². The first-order chi connectivity index (χ1) is 15.6. The topological polar surface area (TPSA) is 58.6 Å². The quantitative estimate of drug-likeness (QED) is 0.611. The van der Waals surface area contributed by atoms with E-state index in [0.29, 0.717) is 30.0 Å². The Kier molecular flexibility index (Phi) is 5.41. The van der Waals surface area contributed by atoms with Crippen molar-refractivity contribution < 1.29 is 13.9 Å². The standard InChI is InChI=1S/C25H23FN4O2/c1-17(31)30-16-20-14-21(26)25(28-22(20)8-6-18-4-2-3-5-23(18)30)19-7-9-24(27-15-19)29-10-12-32-13-11-29/h2-9,14-15H,10-13,16H2,1H3. The van der Waals surface area contributed by atoms with E-state index in [1.165, 1.54) is 13.0 Å². The predicted octanol–water partition coefficient (Wildman–Crippen LogP) is 4.16. The Morgan fingerprint density at radius 1 is 1.09 bits per heavy atom. The molecule has 2 aliphatic heterocycles. The van der Waals surface area contributed by atoms with Gasteiger partial charge in [-0.15, -0.1) is 0 Å². The second kappa shape index (κ2) is 8.51. The number of hydrogen-bond donors (Lipinski definition) is 0. The monoisotopic (exact) mass is 430 g/mol. The fourth-order valence-electron chi connectivity index (χ4n) is 4.10. The molecule has 3 aromatic rings. The molecule has 5 rings (SSSR count). The van der Waals surface area contributed by atoms with E-state index in [9.17, 15) is 4.79 Å². The molecule has 1 saturated heterocycles. The Morgan fingerprint density at radius 2 is 1.91 bits per heavy atom. The third kappa shape index (κ3) is 3.87. The first kappa shape index (κ1) is 20.3. The van der Waals surface area contributed by atoms with Gasteiger partial charge in [-0.25, -0.2) is 14.4 Å². The van der Waals surface area contributed by atoms with Crippen LogP contribution in [-0.2, 0) is 16.1 Å². The third-order valence-corrected chi connectivity index (χ3v) is 5.80. The van der Waals surface area contributed by atoms with E-state index < -0.39 is 5.82 Å². The molecule has 0 radical (unpaired) electrons. The van der Waals surface area contributed by atoms with Crippen molar-refractivity contribution in [1.82, 2.24) is 9.97 Å². The molecule has 4 heterocycles. The molecule has 0 spiro atoms. The fourth-order valence-corrected chi connectivity index (χ4v) is 4.10. The molecule has 0 atom stereocenters. The van der Waals surface area contributed by atoms with Crippen molar-refractivity contribution in [2.45, 2.75) is 13.5 Å². The van der Waals surface area contributed by atoms with Crippen molar-refractivity contribution in [3.63, 3.8) is 0 Å². The van der Waals surface area contributed by atoms with Gasteiger partial charge in [-0.3, -0.25) is 4.79 Å². The predicted molar refractivity (Wildman–Crippen MR) is 123 cm³/mol. The molecule has 0 unspecified atom stereocenters. The van der Waals surface area contributed by atoms with Gasteiger partial charge < -0.3 is 14.5 Å². The molecule has 162 valence electrons. The van der Waals surface area contributed by atoms with Crippen LogP contribution in [-0.4, -0.2) is 42.2 Å². The van der Waals surface area contributed by atoms with Gasteiger partial charge in [0.25, 0.3) is 0 Å². The normalized spacial score (nSPS) is 15.6. The maximum Gasteiger partial charge on any atom is 0.224 e. The minimum absolute atomic E-state index is 0.105. The summed E-state index contributed by atoms with van der Waals surface area (Å²) in [6.45, 7) is 4.70. The number of anilines is 2. The summed E-state index contributed by atoms with van der Waals surface area (Å²) in [6, 6.07) is 12.9. The van der Waals surface area contributed by atoms with Gasteiger partial charge in [-0.2, -0.15) is 0 Å². The molecule has 2 aliphatic rings. The maximum atomic E-state index is 15.1. The Bertz CT molecular complexity index is 1190. The number of halogens is 1. The van der Waals surface area contributed by atoms with Crippen LogP contribution < -0.4 is 9.80 Å². The third-order valence-electron chi connectivity index (χ3n) is 5.80. The number of pyridine rings is 2. The van der Waals surface area contributed by atoms with Gasteiger partial charge in [0, 0.05) is 37.3 Å². The number of rotatable bonds is 2. The number of para-hydroxylation sites is 1. The highest BCUT2D eigenvalue weighted by molar-refractivity contribution is 5.95. The largest absolute Gasteiger partial charge is 0.378 e. The lowest BCUT2D eigenvalue weighted by Gasteiger charge is -2.27. The molecular formula is C25H23FN4O2. The Hall–Kier alpha value is -3.58. The van der Waals surface area contributed by atoms with Gasteiger partial charge in [0.15, 0.2) is 0 Å². The van der Waals surface area contributed by atoms with Crippen LogP contribution in [0.2, 0.25) is 0 Å². The van der Waals surface area contributed by atoms with Crippen molar-refractivity contribution in [3.05, 3.63) is 71.3 Å². The number of aromatic nitrogens is 2. The molecule has 1 fully saturated rings. The lowest BCUT2D eigenvalue weighted by molar-refractivity contribution is -0.116. The summed E-state index contributed by atoms with van der Waals surface area (Å²) in [7, 11) is 0. The molecule has 32 heavy (non-hydrogen) atoms. The average molecular weight is 430 g/mol. The maximum absolute atomic E-state index is 15.1. The van der Waals surface area contributed by atoms with E-state index in [-0.39, 0.29) is 18.1 Å². The lowest BCUT2D eigenvalue weighted by atomic mass is 10.0. The van der Waals surface area contributed by atoms with E-state index >= 15 is 4.39 Å². The second-order valence-electron chi connectivity index (χ2n) is 7.86. The van der Waals surface area contributed by atoms with Gasteiger partial charge in [0.05, 0.1) is 31.1 Å². The number of carbonyl (C=O) groups excluding carboxylic acids is 1. The molecule has 0 saturated carbocycles. The number of nitrogens with zero attached hydrogens (tertiary/aromatic N) is 4. The molecule has 0 aliphatic carbocycles. The van der Waals surface area contributed by atoms with Crippen LogP contribution in [0.15, 0.2) is 48.7 Å². The van der Waals surface area contributed by atoms with Crippen molar-refractivity contribution in [2.75, 3.05) is 36.1 Å². The van der Waals surface area contributed by atoms with Gasteiger partial charge in [0.1, 0.15) is 17.3 Å². The van der Waals surface area contributed by atoms with Crippen LogP contribution >= 0.6 is 0 Å². The molecule has 1 aromatic carbocycles. The summed E-state index contributed by atoms with van der Waals surface area (Å²) in [5.74, 6) is 0.304. The van der Waals surface area contributed by atoms with Crippen LogP contribution in [0.25, 0.3) is 23.4 Å². The van der Waals surface area contributed by atoms with Gasteiger partial charge in [-0.05, 0) is 35.9 Å². The zero-order valence-electron chi connectivity index (χ0n) is 17.8. The second-order valence-corrected chi connectivity index (χ2v) is 7.86. The SMILES string of the molecule is CC(=O)N1Cc2cc(F)c(-c3ccc(N4CCOCC4)nc3)nc2C=Cc2ccccc21. The molecule has 7 heteroatoms. The van der Waals surface area contributed by atoms with E-state index in [1.807, 2.05) is 48.6 Å². The van der Waals surface area contributed by atoms with Crippen LogP contribution in [0, 0.1) is 5.82 Å². The Morgan fingerprint density at radius 3 is 2.66 bits per heavy atom. The average Bonchev–Trinajstić information content (AvgIpc) is 2.81. The molecular weight excluding hydrogens is 407 g/mol. The fraction of sp³-hybridized carbons (Fsp3) is 0.240.